The number of rotatable bonds is 3. The molecule has 0 amide bonds. The number of hydrogen-bond donors (Lipinski definition) is 1. The Bertz CT molecular complexity index is 666. The third-order valence-electron chi connectivity index (χ3n) is 3.48. The lowest BCUT2D eigenvalue weighted by molar-refractivity contribution is -0.00498. The van der Waals surface area contributed by atoms with Gasteiger partial charge in [0.05, 0.1) is 38.5 Å². The molecule has 6 heteroatoms. The van der Waals surface area contributed by atoms with Crippen molar-refractivity contribution in [3.63, 3.8) is 0 Å². The zero-order chi connectivity index (χ0) is 14.3. The maximum Gasteiger partial charge on any atom is 0.181 e. The highest BCUT2D eigenvalue weighted by Gasteiger charge is 2.33. The number of nitrogen functional groups attached to an aromatic ring is 1. The molecule has 4 nitrogen and oxygen atoms in total. The molecule has 0 saturated carbocycles. The third-order valence-corrected chi connectivity index (χ3v) is 6.25. The van der Waals surface area contributed by atoms with Crippen molar-refractivity contribution in [3.05, 3.63) is 18.2 Å². The first kappa shape index (κ1) is 14.0. The number of nitrogens with zero attached hydrogens (tertiary/aromatic N) is 1. The molecule has 1 aliphatic heterocycles. The van der Waals surface area contributed by atoms with E-state index in [9.17, 15) is 4.21 Å². The minimum Gasteiger partial charge on any atom is -0.399 e. The van der Waals surface area contributed by atoms with E-state index in [1.54, 1.807) is 0 Å². The predicted molar refractivity (Wildman–Crippen MR) is 83.5 cm³/mol. The Morgan fingerprint density at radius 2 is 2.35 bits per heavy atom. The Labute approximate surface area is 124 Å². The van der Waals surface area contributed by atoms with Crippen LogP contribution in [0.4, 0.5) is 5.69 Å². The van der Waals surface area contributed by atoms with Crippen LogP contribution in [0.5, 0.6) is 0 Å². The Balaban J connectivity index is 1.76. The van der Waals surface area contributed by atoms with E-state index in [0.717, 1.165) is 23.1 Å². The highest BCUT2D eigenvalue weighted by Crippen LogP contribution is 2.32. The Morgan fingerprint density at radius 3 is 3.05 bits per heavy atom. The van der Waals surface area contributed by atoms with Crippen LogP contribution in [0.1, 0.15) is 26.7 Å². The molecule has 1 aliphatic rings. The Hall–Kier alpha value is -0.980. The van der Waals surface area contributed by atoms with E-state index < -0.39 is 10.8 Å². The molecule has 2 atom stereocenters. The first-order chi connectivity index (χ1) is 9.43. The fourth-order valence-electron chi connectivity index (χ4n) is 2.45. The Kier molecular flexibility index (Phi) is 3.56. The van der Waals surface area contributed by atoms with Crippen molar-refractivity contribution in [2.75, 3.05) is 11.5 Å². The van der Waals surface area contributed by atoms with Crippen LogP contribution >= 0.6 is 11.3 Å². The van der Waals surface area contributed by atoms with Crippen molar-refractivity contribution in [1.29, 1.82) is 0 Å². The quantitative estimate of drug-likeness (QED) is 0.885. The molecule has 2 heterocycles. The van der Waals surface area contributed by atoms with Gasteiger partial charge in [-0.15, -0.1) is 11.3 Å². The zero-order valence-electron chi connectivity index (χ0n) is 11.6. The minimum atomic E-state index is -1.10. The number of fused-ring (bicyclic) bond motifs is 1. The lowest BCUT2D eigenvalue weighted by Gasteiger charge is -2.18. The number of aromatic nitrogens is 1. The van der Waals surface area contributed by atoms with Crippen LogP contribution in [0.15, 0.2) is 22.5 Å². The number of thiazole rings is 1. The molecule has 2 N–H and O–H groups in total. The van der Waals surface area contributed by atoms with E-state index in [4.69, 9.17) is 10.5 Å². The molecular weight excluding hydrogens is 292 g/mol. The summed E-state index contributed by atoms with van der Waals surface area (Å²) in [6, 6.07) is 5.57. The van der Waals surface area contributed by atoms with Gasteiger partial charge in [-0.1, -0.05) is 0 Å². The highest BCUT2D eigenvalue weighted by molar-refractivity contribution is 7.87. The summed E-state index contributed by atoms with van der Waals surface area (Å²) in [7, 11) is -1.10. The van der Waals surface area contributed by atoms with Crippen LogP contribution in [0.3, 0.4) is 0 Å². The second kappa shape index (κ2) is 5.09. The highest BCUT2D eigenvalue weighted by atomic mass is 32.2. The lowest BCUT2D eigenvalue weighted by atomic mass is 10.1. The normalized spacial score (nSPS) is 23.2. The number of hydrogen-bond acceptors (Lipinski definition) is 5. The van der Waals surface area contributed by atoms with Gasteiger partial charge in [-0.2, -0.15) is 0 Å². The van der Waals surface area contributed by atoms with Gasteiger partial charge in [-0.25, -0.2) is 4.98 Å². The average Bonchev–Trinajstić information content (AvgIpc) is 2.92. The molecule has 3 rings (SSSR count). The van der Waals surface area contributed by atoms with Gasteiger partial charge >= 0.3 is 0 Å². The first-order valence-corrected chi connectivity index (χ1v) is 8.79. The summed E-state index contributed by atoms with van der Waals surface area (Å²) in [5, 5.41) is 0. The maximum absolute atomic E-state index is 12.4. The molecule has 1 aromatic heterocycles. The maximum atomic E-state index is 12.4. The molecule has 0 bridgehead atoms. The van der Waals surface area contributed by atoms with Gasteiger partial charge in [-0.3, -0.25) is 4.21 Å². The summed E-state index contributed by atoms with van der Waals surface area (Å²) in [4.78, 5) is 4.44. The van der Waals surface area contributed by atoms with Crippen molar-refractivity contribution in [3.8, 4) is 0 Å². The topological polar surface area (TPSA) is 65.2 Å². The SMILES string of the molecule is CC1(C)CCC(CS(=O)c2nc3ccc(N)cc3s2)O1. The van der Waals surface area contributed by atoms with Gasteiger partial charge in [0, 0.05) is 5.69 Å². The molecule has 2 unspecified atom stereocenters. The van der Waals surface area contributed by atoms with Crippen LogP contribution in [0, 0.1) is 0 Å². The second-order valence-electron chi connectivity index (χ2n) is 5.76. The summed E-state index contributed by atoms with van der Waals surface area (Å²) in [5.74, 6) is 0.527. The standard InChI is InChI=1S/C14H18N2O2S2/c1-14(2)6-5-10(18-14)8-20(17)13-16-11-4-3-9(15)7-12(11)19-13/h3-4,7,10H,5-6,8,15H2,1-2H3. The van der Waals surface area contributed by atoms with Crippen LogP contribution in [0.25, 0.3) is 10.2 Å². The van der Waals surface area contributed by atoms with Gasteiger partial charge in [0.1, 0.15) is 0 Å². The second-order valence-corrected chi connectivity index (χ2v) is 8.46. The largest absolute Gasteiger partial charge is 0.399 e. The predicted octanol–water partition coefficient (Wildman–Crippen LogP) is 2.94. The van der Waals surface area contributed by atoms with Crippen molar-refractivity contribution in [2.45, 2.75) is 42.7 Å². The fraction of sp³-hybridized carbons (Fsp3) is 0.500. The van der Waals surface area contributed by atoms with Crippen LogP contribution in [-0.2, 0) is 15.5 Å². The Morgan fingerprint density at radius 1 is 1.55 bits per heavy atom. The summed E-state index contributed by atoms with van der Waals surface area (Å²) >= 11 is 1.46. The molecule has 108 valence electrons. The molecule has 1 fully saturated rings. The van der Waals surface area contributed by atoms with E-state index in [0.29, 0.717) is 15.8 Å². The van der Waals surface area contributed by atoms with Crippen molar-refractivity contribution in [2.24, 2.45) is 0 Å². The average molecular weight is 310 g/mol. The van der Waals surface area contributed by atoms with Gasteiger partial charge in [0.2, 0.25) is 0 Å². The lowest BCUT2D eigenvalue weighted by Crippen LogP contribution is -2.23. The number of anilines is 1. The van der Waals surface area contributed by atoms with Gasteiger partial charge < -0.3 is 10.5 Å². The molecule has 0 aliphatic carbocycles. The van der Waals surface area contributed by atoms with Crippen LogP contribution < -0.4 is 5.73 Å². The van der Waals surface area contributed by atoms with Crippen molar-refractivity contribution < 1.29 is 8.95 Å². The number of benzene rings is 1. The van der Waals surface area contributed by atoms with E-state index in [1.807, 2.05) is 18.2 Å². The van der Waals surface area contributed by atoms with E-state index in [2.05, 4.69) is 18.8 Å². The molecule has 0 spiro atoms. The summed E-state index contributed by atoms with van der Waals surface area (Å²) < 4.78 is 20.0. The van der Waals surface area contributed by atoms with E-state index in [1.165, 1.54) is 11.3 Å². The summed E-state index contributed by atoms with van der Waals surface area (Å²) in [6.45, 7) is 4.16. The number of nitrogens with two attached hydrogens (primary N) is 1. The minimum absolute atomic E-state index is 0.0721. The van der Waals surface area contributed by atoms with Gasteiger partial charge in [0.15, 0.2) is 4.34 Å². The number of ether oxygens (including phenoxy) is 1. The van der Waals surface area contributed by atoms with Crippen LogP contribution in [0.2, 0.25) is 0 Å². The smallest absolute Gasteiger partial charge is 0.181 e. The zero-order valence-corrected chi connectivity index (χ0v) is 13.2. The van der Waals surface area contributed by atoms with Gasteiger partial charge in [0.25, 0.3) is 0 Å². The van der Waals surface area contributed by atoms with Crippen molar-refractivity contribution >= 4 is 38.0 Å². The van der Waals surface area contributed by atoms with E-state index >= 15 is 0 Å². The molecule has 2 aromatic rings. The summed E-state index contributed by atoms with van der Waals surface area (Å²) in [6.07, 6.45) is 2.06. The molecule has 0 radical (unpaired) electrons. The van der Waals surface area contributed by atoms with E-state index in [-0.39, 0.29) is 11.7 Å². The fourth-order valence-corrected chi connectivity index (χ4v) is 4.96. The third kappa shape index (κ3) is 2.87. The first-order valence-electron chi connectivity index (χ1n) is 6.65. The van der Waals surface area contributed by atoms with Crippen molar-refractivity contribution in [1.82, 2.24) is 4.98 Å². The monoisotopic (exact) mass is 310 g/mol. The summed E-state index contributed by atoms with van der Waals surface area (Å²) in [5.41, 5.74) is 7.24. The van der Waals surface area contributed by atoms with Crippen LogP contribution in [-0.4, -0.2) is 26.7 Å². The molecule has 20 heavy (non-hydrogen) atoms. The molecule has 1 saturated heterocycles. The molecular formula is C14H18N2O2S2. The van der Waals surface area contributed by atoms with Gasteiger partial charge in [-0.05, 0) is 44.9 Å². The molecule has 1 aromatic carbocycles.